The van der Waals surface area contributed by atoms with E-state index in [1.165, 1.54) is 38.5 Å². The van der Waals surface area contributed by atoms with E-state index in [9.17, 15) is 13.2 Å². The zero-order valence-electron chi connectivity index (χ0n) is 10.6. The maximum Gasteiger partial charge on any atom is 0.445 e. The van der Waals surface area contributed by atoms with E-state index >= 15 is 0 Å². The maximum absolute atomic E-state index is 11.7. The Balaban J connectivity index is 3.13. The van der Waals surface area contributed by atoms with E-state index < -0.39 is 5.51 Å². The first-order valence-corrected chi connectivity index (χ1v) is 7.34. The molecule has 0 heterocycles. The van der Waals surface area contributed by atoms with Crippen molar-refractivity contribution in [2.45, 2.75) is 70.2 Å². The number of hydrogen-bond donors (Lipinski definition) is 0. The molecule has 0 fully saturated rings. The molecule has 0 spiro atoms. The maximum atomic E-state index is 11.7. The third-order valence-electron chi connectivity index (χ3n) is 2.52. The molecule has 0 aliphatic heterocycles. The number of unbranched alkanes of at least 4 members (excludes halogenated alkanes) is 8. The molecule has 0 atom stereocenters. The summed E-state index contributed by atoms with van der Waals surface area (Å²) in [5.74, 6) is 0. The van der Waals surface area contributed by atoms with Gasteiger partial charge in [0, 0.05) is 0 Å². The van der Waals surface area contributed by atoms with Crippen LogP contribution in [0, 0.1) is 0 Å². The predicted octanol–water partition coefficient (Wildman–Crippen LogP) is 6.28. The van der Waals surface area contributed by atoms with E-state index in [0.29, 0.717) is 0 Å². The summed E-state index contributed by atoms with van der Waals surface area (Å²) >= 11 is -0.0696. The second-order valence-corrected chi connectivity index (χ2v) is 5.17. The van der Waals surface area contributed by atoms with Crippen molar-refractivity contribution in [1.29, 1.82) is 0 Å². The highest BCUT2D eigenvalue weighted by molar-refractivity contribution is 8.02. The Kier molecular flexibility index (Phi) is 10.9. The number of halogens is 3. The van der Waals surface area contributed by atoms with Crippen molar-refractivity contribution in [3.05, 3.63) is 11.5 Å². The SMILES string of the molecule is CCCCCCCCCC/C=C/SC(F)(F)F. The molecule has 0 nitrogen and oxygen atoms in total. The molecule has 0 aromatic rings. The Hall–Kier alpha value is -0.120. The quantitative estimate of drug-likeness (QED) is 0.420. The number of hydrogen-bond acceptors (Lipinski definition) is 1. The Labute approximate surface area is 107 Å². The van der Waals surface area contributed by atoms with Crippen LogP contribution in [0.25, 0.3) is 0 Å². The van der Waals surface area contributed by atoms with Crippen molar-refractivity contribution in [3.63, 3.8) is 0 Å². The van der Waals surface area contributed by atoms with Crippen molar-refractivity contribution < 1.29 is 13.2 Å². The van der Waals surface area contributed by atoms with Crippen LogP contribution in [0.1, 0.15) is 64.7 Å². The topological polar surface area (TPSA) is 0 Å². The Morgan fingerprint density at radius 2 is 1.41 bits per heavy atom. The molecule has 0 saturated heterocycles. The third-order valence-corrected chi connectivity index (χ3v) is 3.12. The molecule has 0 unspecified atom stereocenters. The molecule has 0 bridgehead atoms. The molecule has 0 saturated carbocycles. The van der Waals surface area contributed by atoms with Gasteiger partial charge < -0.3 is 0 Å². The van der Waals surface area contributed by atoms with Gasteiger partial charge in [-0.05, 0) is 30.0 Å². The van der Waals surface area contributed by atoms with Crippen molar-refractivity contribution in [2.75, 3.05) is 0 Å². The molecule has 0 aromatic carbocycles. The summed E-state index contributed by atoms with van der Waals surface area (Å²) in [6.45, 7) is 2.20. The Bertz CT molecular complexity index is 188. The lowest BCUT2D eigenvalue weighted by Crippen LogP contribution is -1.96. The molecule has 17 heavy (non-hydrogen) atoms. The predicted molar refractivity (Wildman–Crippen MR) is 70.0 cm³/mol. The molecule has 0 N–H and O–H groups in total. The summed E-state index contributed by atoms with van der Waals surface area (Å²) in [6.07, 6.45) is 12.2. The number of alkyl halides is 3. The fourth-order valence-electron chi connectivity index (χ4n) is 1.59. The zero-order chi connectivity index (χ0) is 13.0. The van der Waals surface area contributed by atoms with Crippen LogP contribution in [0.5, 0.6) is 0 Å². The minimum Gasteiger partial charge on any atom is -0.160 e. The number of thioether (sulfide) groups is 1. The molecule has 0 aliphatic rings. The summed E-state index contributed by atoms with van der Waals surface area (Å²) < 4.78 is 35.2. The molecule has 0 amide bonds. The fraction of sp³-hybridized carbons (Fsp3) is 0.846. The number of rotatable bonds is 10. The molecular formula is C13H23F3S. The van der Waals surface area contributed by atoms with Crippen LogP contribution in [0.3, 0.4) is 0 Å². The average molecular weight is 268 g/mol. The van der Waals surface area contributed by atoms with Gasteiger partial charge in [0.15, 0.2) is 0 Å². The minimum absolute atomic E-state index is 0.0696. The molecule has 0 aliphatic carbocycles. The van der Waals surface area contributed by atoms with Crippen LogP contribution in [0.4, 0.5) is 13.2 Å². The van der Waals surface area contributed by atoms with Gasteiger partial charge in [0.05, 0.1) is 0 Å². The van der Waals surface area contributed by atoms with Crippen LogP contribution in [-0.4, -0.2) is 5.51 Å². The second-order valence-electron chi connectivity index (χ2n) is 4.20. The van der Waals surface area contributed by atoms with E-state index in [1.807, 2.05) is 0 Å². The second kappa shape index (κ2) is 11.0. The largest absolute Gasteiger partial charge is 0.445 e. The molecule has 102 valence electrons. The average Bonchev–Trinajstić information content (AvgIpc) is 2.24. The normalized spacial score (nSPS) is 12.5. The van der Waals surface area contributed by atoms with Gasteiger partial charge >= 0.3 is 5.51 Å². The monoisotopic (exact) mass is 268 g/mol. The lowest BCUT2D eigenvalue weighted by Gasteiger charge is -2.00. The summed E-state index contributed by atoms with van der Waals surface area (Å²) in [7, 11) is 0. The molecular weight excluding hydrogens is 245 g/mol. The van der Waals surface area contributed by atoms with E-state index in [1.54, 1.807) is 6.08 Å². The van der Waals surface area contributed by atoms with E-state index in [2.05, 4.69) is 6.92 Å². The van der Waals surface area contributed by atoms with E-state index in [-0.39, 0.29) is 11.8 Å². The van der Waals surface area contributed by atoms with Gasteiger partial charge in [-0.15, -0.1) is 0 Å². The van der Waals surface area contributed by atoms with Gasteiger partial charge in [-0.2, -0.15) is 13.2 Å². The number of allylic oxidation sites excluding steroid dienone is 1. The van der Waals surface area contributed by atoms with Gasteiger partial charge in [0.2, 0.25) is 0 Å². The van der Waals surface area contributed by atoms with Crippen LogP contribution >= 0.6 is 11.8 Å². The van der Waals surface area contributed by atoms with Crippen LogP contribution in [-0.2, 0) is 0 Å². The van der Waals surface area contributed by atoms with Crippen molar-refractivity contribution in [2.24, 2.45) is 0 Å². The minimum atomic E-state index is -4.13. The smallest absolute Gasteiger partial charge is 0.160 e. The van der Waals surface area contributed by atoms with Crippen molar-refractivity contribution >= 4 is 11.8 Å². The van der Waals surface area contributed by atoms with Crippen LogP contribution < -0.4 is 0 Å². The molecule has 0 aromatic heterocycles. The zero-order valence-corrected chi connectivity index (χ0v) is 11.4. The van der Waals surface area contributed by atoms with Gasteiger partial charge in [0.25, 0.3) is 0 Å². The summed E-state index contributed by atoms with van der Waals surface area (Å²) in [4.78, 5) is 0. The summed E-state index contributed by atoms with van der Waals surface area (Å²) in [6, 6.07) is 0. The first kappa shape index (κ1) is 16.9. The first-order valence-electron chi connectivity index (χ1n) is 6.46. The van der Waals surface area contributed by atoms with Crippen molar-refractivity contribution in [3.8, 4) is 0 Å². The van der Waals surface area contributed by atoms with E-state index in [0.717, 1.165) is 24.7 Å². The van der Waals surface area contributed by atoms with Gasteiger partial charge in [0.1, 0.15) is 0 Å². The van der Waals surface area contributed by atoms with Gasteiger partial charge in [-0.25, -0.2) is 0 Å². The van der Waals surface area contributed by atoms with Crippen molar-refractivity contribution in [1.82, 2.24) is 0 Å². The summed E-state index contributed by atoms with van der Waals surface area (Å²) in [5.41, 5.74) is -4.13. The summed E-state index contributed by atoms with van der Waals surface area (Å²) in [5, 5.41) is 1.15. The highest BCUT2D eigenvalue weighted by Gasteiger charge is 2.26. The first-order chi connectivity index (χ1) is 8.06. The van der Waals surface area contributed by atoms with Crippen LogP contribution in [0.2, 0.25) is 0 Å². The molecule has 4 heteroatoms. The molecule has 0 rings (SSSR count). The lowest BCUT2D eigenvalue weighted by molar-refractivity contribution is -0.0320. The lowest BCUT2D eigenvalue weighted by atomic mass is 10.1. The Morgan fingerprint density at radius 1 is 0.882 bits per heavy atom. The molecule has 0 radical (unpaired) electrons. The highest BCUT2D eigenvalue weighted by Crippen LogP contribution is 2.31. The van der Waals surface area contributed by atoms with E-state index in [4.69, 9.17) is 0 Å². The standard InChI is InChI=1S/C13H23F3S/c1-2-3-4-5-6-7-8-9-10-11-12-17-13(14,15)16/h11-12H,2-10H2,1H3/b12-11+. The highest BCUT2D eigenvalue weighted by atomic mass is 32.2. The Morgan fingerprint density at radius 3 is 1.94 bits per heavy atom. The van der Waals surface area contributed by atoms with Gasteiger partial charge in [-0.1, -0.05) is 57.9 Å². The third kappa shape index (κ3) is 15.9. The van der Waals surface area contributed by atoms with Crippen LogP contribution in [0.15, 0.2) is 11.5 Å². The van der Waals surface area contributed by atoms with Gasteiger partial charge in [-0.3, -0.25) is 0 Å². The fourth-order valence-corrected chi connectivity index (χ4v) is 1.98.